The maximum atomic E-state index is 12.4. The number of carbonyl (C=O) groups is 1. The largest absolute Gasteiger partial charge is 0.399 e. The molecule has 0 unspecified atom stereocenters. The Morgan fingerprint density at radius 3 is 2.71 bits per heavy atom. The molecule has 2 aromatic rings. The van der Waals surface area contributed by atoms with E-state index in [2.05, 4.69) is 11.0 Å². The van der Waals surface area contributed by atoms with Crippen LogP contribution in [0.2, 0.25) is 0 Å². The Morgan fingerprint density at radius 1 is 1.38 bits per heavy atom. The number of anilines is 1. The van der Waals surface area contributed by atoms with Crippen LogP contribution >= 0.6 is 0 Å². The topological polar surface area (TPSA) is 64.2 Å². The number of aromatic nitrogens is 2. The van der Waals surface area contributed by atoms with E-state index < -0.39 is 0 Å². The van der Waals surface area contributed by atoms with Crippen molar-refractivity contribution in [3.8, 4) is 18.0 Å². The van der Waals surface area contributed by atoms with Gasteiger partial charge in [-0.05, 0) is 36.8 Å². The van der Waals surface area contributed by atoms with Crippen molar-refractivity contribution in [1.29, 1.82) is 0 Å². The second kappa shape index (κ2) is 6.62. The van der Waals surface area contributed by atoms with Gasteiger partial charge in [0.2, 0.25) is 0 Å². The van der Waals surface area contributed by atoms with Gasteiger partial charge in [-0.2, -0.15) is 5.10 Å². The van der Waals surface area contributed by atoms with E-state index in [1.807, 2.05) is 19.1 Å². The zero-order chi connectivity index (χ0) is 15.2. The number of amides is 1. The summed E-state index contributed by atoms with van der Waals surface area (Å²) in [7, 11) is 0. The Morgan fingerprint density at radius 2 is 2.10 bits per heavy atom. The SMILES string of the molecule is C#CCN(CCC)C(=O)c1ccn(-c2ccc(N)cc2)n1. The van der Waals surface area contributed by atoms with E-state index in [4.69, 9.17) is 12.2 Å². The number of nitrogens with two attached hydrogens (primary N) is 1. The molecule has 0 spiro atoms. The van der Waals surface area contributed by atoms with Crippen LogP contribution in [-0.2, 0) is 0 Å². The molecule has 0 fully saturated rings. The second-order valence-electron chi connectivity index (χ2n) is 4.67. The fourth-order valence-electron chi connectivity index (χ4n) is 2.00. The van der Waals surface area contributed by atoms with Crippen molar-refractivity contribution in [1.82, 2.24) is 14.7 Å². The van der Waals surface area contributed by atoms with Crippen LogP contribution in [-0.4, -0.2) is 33.7 Å². The lowest BCUT2D eigenvalue weighted by Crippen LogP contribution is -2.32. The number of rotatable bonds is 5. The highest BCUT2D eigenvalue weighted by molar-refractivity contribution is 5.92. The van der Waals surface area contributed by atoms with Gasteiger partial charge in [-0.3, -0.25) is 4.79 Å². The molecule has 2 N–H and O–H groups in total. The van der Waals surface area contributed by atoms with E-state index in [9.17, 15) is 4.79 Å². The predicted molar refractivity (Wildman–Crippen MR) is 83.0 cm³/mol. The number of nitrogen functional groups attached to an aromatic ring is 1. The molecule has 1 aromatic carbocycles. The molecule has 0 aliphatic carbocycles. The summed E-state index contributed by atoms with van der Waals surface area (Å²) in [5, 5.41) is 4.31. The minimum absolute atomic E-state index is 0.149. The van der Waals surface area contributed by atoms with Crippen LogP contribution in [0.25, 0.3) is 5.69 Å². The zero-order valence-electron chi connectivity index (χ0n) is 12.0. The Kier molecular flexibility index (Phi) is 4.62. The number of terminal acetylenes is 1. The molecule has 5 heteroatoms. The van der Waals surface area contributed by atoms with Crippen LogP contribution in [0, 0.1) is 12.3 Å². The van der Waals surface area contributed by atoms with Crippen LogP contribution < -0.4 is 5.73 Å². The molecule has 108 valence electrons. The van der Waals surface area contributed by atoms with Gasteiger partial charge < -0.3 is 10.6 Å². The average Bonchev–Trinajstić information content (AvgIpc) is 2.97. The van der Waals surface area contributed by atoms with Gasteiger partial charge in [0, 0.05) is 18.4 Å². The summed E-state index contributed by atoms with van der Waals surface area (Å²) in [4.78, 5) is 14.0. The van der Waals surface area contributed by atoms with E-state index in [1.165, 1.54) is 0 Å². The molecule has 2 rings (SSSR count). The third-order valence-electron chi connectivity index (χ3n) is 3.03. The summed E-state index contributed by atoms with van der Waals surface area (Å²) >= 11 is 0. The molecule has 0 saturated heterocycles. The van der Waals surface area contributed by atoms with Gasteiger partial charge in [-0.1, -0.05) is 12.8 Å². The van der Waals surface area contributed by atoms with E-state index in [0.29, 0.717) is 24.5 Å². The van der Waals surface area contributed by atoms with Gasteiger partial charge in [0.15, 0.2) is 5.69 Å². The Bertz CT molecular complexity index is 652. The molecule has 0 atom stereocenters. The summed E-state index contributed by atoms with van der Waals surface area (Å²) in [6, 6.07) is 8.97. The fourth-order valence-corrected chi connectivity index (χ4v) is 2.00. The van der Waals surface area contributed by atoms with E-state index in [-0.39, 0.29) is 5.91 Å². The molecule has 0 aliphatic heterocycles. The predicted octanol–water partition coefficient (Wildman–Crippen LogP) is 1.94. The molecule has 1 amide bonds. The van der Waals surface area contributed by atoms with Crippen molar-refractivity contribution in [3.05, 3.63) is 42.2 Å². The van der Waals surface area contributed by atoms with Crippen molar-refractivity contribution >= 4 is 11.6 Å². The lowest BCUT2D eigenvalue weighted by Gasteiger charge is -2.17. The summed E-state index contributed by atoms with van der Waals surface area (Å²) < 4.78 is 1.65. The zero-order valence-corrected chi connectivity index (χ0v) is 12.0. The van der Waals surface area contributed by atoms with Crippen LogP contribution in [0.5, 0.6) is 0 Å². The van der Waals surface area contributed by atoms with Gasteiger partial charge in [0.25, 0.3) is 5.91 Å². The monoisotopic (exact) mass is 282 g/mol. The molecule has 0 bridgehead atoms. The number of hydrogen-bond donors (Lipinski definition) is 1. The normalized spacial score (nSPS) is 10.1. The maximum Gasteiger partial charge on any atom is 0.275 e. The van der Waals surface area contributed by atoms with E-state index in [1.54, 1.807) is 34.0 Å². The van der Waals surface area contributed by atoms with E-state index >= 15 is 0 Å². The fraction of sp³-hybridized carbons (Fsp3) is 0.250. The van der Waals surface area contributed by atoms with Gasteiger partial charge in [0.1, 0.15) is 0 Å². The maximum absolute atomic E-state index is 12.4. The third-order valence-corrected chi connectivity index (χ3v) is 3.03. The molecular formula is C16H18N4O. The Hall–Kier alpha value is -2.74. The molecule has 0 radical (unpaired) electrons. The lowest BCUT2D eigenvalue weighted by molar-refractivity contribution is 0.0770. The number of hydrogen-bond acceptors (Lipinski definition) is 3. The molecule has 5 nitrogen and oxygen atoms in total. The van der Waals surface area contributed by atoms with Crippen LogP contribution in [0.1, 0.15) is 23.8 Å². The minimum atomic E-state index is -0.149. The van der Waals surface area contributed by atoms with Crippen molar-refractivity contribution < 1.29 is 4.79 Å². The average molecular weight is 282 g/mol. The highest BCUT2D eigenvalue weighted by Gasteiger charge is 2.17. The third kappa shape index (κ3) is 3.42. The molecule has 1 heterocycles. The molecule has 0 saturated carbocycles. The highest BCUT2D eigenvalue weighted by atomic mass is 16.2. The minimum Gasteiger partial charge on any atom is -0.399 e. The Balaban J connectivity index is 2.20. The summed E-state index contributed by atoms with van der Waals surface area (Å²) in [5.41, 5.74) is 7.57. The second-order valence-corrected chi connectivity index (χ2v) is 4.67. The molecule has 1 aromatic heterocycles. The standard InChI is InChI=1S/C16H18N4O/c1-3-10-19(11-4-2)16(21)15-9-12-20(18-15)14-7-5-13(17)6-8-14/h1,5-9,12H,4,10-11,17H2,2H3. The van der Waals surface area contributed by atoms with Crippen molar-refractivity contribution in [2.45, 2.75) is 13.3 Å². The summed E-state index contributed by atoms with van der Waals surface area (Å²) in [6.07, 6.45) is 7.91. The van der Waals surface area contributed by atoms with Crippen LogP contribution in [0.3, 0.4) is 0 Å². The number of nitrogens with zero attached hydrogens (tertiary/aromatic N) is 3. The Labute approximate surface area is 124 Å². The van der Waals surface area contributed by atoms with E-state index in [0.717, 1.165) is 12.1 Å². The van der Waals surface area contributed by atoms with Crippen molar-refractivity contribution in [2.75, 3.05) is 18.8 Å². The smallest absolute Gasteiger partial charge is 0.275 e. The summed E-state index contributed by atoms with van der Waals surface area (Å²) in [5.74, 6) is 2.36. The van der Waals surface area contributed by atoms with Crippen molar-refractivity contribution in [3.63, 3.8) is 0 Å². The number of benzene rings is 1. The molecular weight excluding hydrogens is 264 g/mol. The first-order valence-corrected chi connectivity index (χ1v) is 6.80. The number of carbonyl (C=O) groups excluding carboxylic acids is 1. The molecule has 0 aliphatic rings. The van der Waals surface area contributed by atoms with Gasteiger partial charge in [-0.25, -0.2) is 4.68 Å². The molecule has 21 heavy (non-hydrogen) atoms. The first-order chi connectivity index (χ1) is 10.2. The van der Waals surface area contributed by atoms with Crippen LogP contribution in [0.15, 0.2) is 36.5 Å². The first kappa shape index (κ1) is 14.7. The van der Waals surface area contributed by atoms with Gasteiger partial charge in [-0.15, -0.1) is 6.42 Å². The van der Waals surface area contributed by atoms with Crippen molar-refractivity contribution in [2.24, 2.45) is 0 Å². The quantitative estimate of drug-likeness (QED) is 0.673. The van der Waals surface area contributed by atoms with Gasteiger partial charge in [0.05, 0.1) is 12.2 Å². The van der Waals surface area contributed by atoms with Crippen LogP contribution in [0.4, 0.5) is 5.69 Å². The van der Waals surface area contributed by atoms with Gasteiger partial charge >= 0.3 is 0 Å². The summed E-state index contributed by atoms with van der Waals surface area (Å²) in [6.45, 7) is 2.92. The lowest BCUT2D eigenvalue weighted by atomic mass is 10.3. The highest BCUT2D eigenvalue weighted by Crippen LogP contribution is 2.11. The first-order valence-electron chi connectivity index (χ1n) is 6.80.